The Morgan fingerprint density at radius 2 is 1.96 bits per heavy atom. The number of tetrazole rings is 1. The summed E-state index contributed by atoms with van der Waals surface area (Å²) in [6.45, 7) is 4.10. The molecule has 3 aromatic rings. The highest BCUT2D eigenvalue weighted by Gasteiger charge is 2.27. The summed E-state index contributed by atoms with van der Waals surface area (Å²) in [5.74, 6) is 0.372. The summed E-state index contributed by atoms with van der Waals surface area (Å²) < 4.78 is 14.2. The Labute approximate surface area is 139 Å². The van der Waals surface area contributed by atoms with Gasteiger partial charge in [0.15, 0.2) is 0 Å². The Morgan fingerprint density at radius 3 is 2.62 bits per heavy atom. The molecule has 0 saturated heterocycles. The fourth-order valence-corrected chi connectivity index (χ4v) is 3.79. The summed E-state index contributed by atoms with van der Waals surface area (Å²) in [7, 11) is 0. The highest BCUT2D eigenvalue weighted by atomic mass is 19.1. The summed E-state index contributed by atoms with van der Waals surface area (Å²) in [4.78, 5) is 0. The van der Waals surface area contributed by atoms with Gasteiger partial charge in [0.1, 0.15) is 5.82 Å². The van der Waals surface area contributed by atoms with Gasteiger partial charge in [0, 0.05) is 17.2 Å². The fourth-order valence-electron chi connectivity index (χ4n) is 3.79. The number of nitrogens with two attached hydrogens (primary N) is 1. The standard InChI is InChI=1S/C18H18FN5/c1-9-7-11(18-21-23-24-22-18)8-10(2)16(9)12-3-5-14(19)17-13(12)4-6-15(17)20/h3,5,7-8,15H,4,6,20H2,1-2H3,(H,21,22,23,24)/t15-/m1/s1. The summed E-state index contributed by atoms with van der Waals surface area (Å²) in [5.41, 5.74) is 13.1. The number of hydrogen-bond donors (Lipinski definition) is 2. The van der Waals surface area contributed by atoms with Crippen LogP contribution in [0.15, 0.2) is 24.3 Å². The minimum absolute atomic E-state index is 0.197. The molecule has 0 amide bonds. The number of benzene rings is 2. The first-order valence-corrected chi connectivity index (χ1v) is 7.98. The van der Waals surface area contributed by atoms with Crippen molar-refractivity contribution in [3.05, 3.63) is 52.3 Å². The van der Waals surface area contributed by atoms with E-state index in [0.29, 0.717) is 11.4 Å². The van der Waals surface area contributed by atoms with Crippen molar-refractivity contribution in [2.45, 2.75) is 32.7 Å². The Balaban J connectivity index is 1.90. The maximum absolute atomic E-state index is 14.2. The number of hydrogen-bond acceptors (Lipinski definition) is 4. The highest BCUT2D eigenvalue weighted by Crippen LogP contribution is 2.41. The SMILES string of the molecule is Cc1cc(-c2nn[nH]n2)cc(C)c1-c1ccc(F)c2c1CC[C@H]2N. The maximum atomic E-state index is 14.2. The van der Waals surface area contributed by atoms with Crippen molar-refractivity contribution in [3.63, 3.8) is 0 Å². The molecule has 0 spiro atoms. The van der Waals surface area contributed by atoms with Crippen LogP contribution in [0.3, 0.4) is 0 Å². The normalized spacial score (nSPS) is 16.4. The second-order valence-corrected chi connectivity index (χ2v) is 6.35. The number of nitrogens with zero attached hydrogens (tertiary/aromatic N) is 3. The van der Waals surface area contributed by atoms with Crippen molar-refractivity contribution in [1.29, 1.82) is 0 Å². The van der Waals surface area contributed by atoms with Gasteiger partial charge in [0.25, 0.3) is 0 Å². The van der Waals surface area contributed by atoms with Crippen LogP contribution in [0, 0.1) is 19.7 Å². The fraction of sp³-hybridized carbons (Fsp3) is 0.278. The van der Waals surface area contributed by atoms with Crippen molar-refractivity contribution in [2.24, 2.45) is 5.73 Å². The van der Waals surface area contributed by atoms with Crippen LogP contribution < -0.4 is 5.73 Å². The molecule has 6 heteroatoms. The van der Waals surface area contributed by atoms with Gasteiger partial charge in [-0.1, -0.05) is 6.07 Å². The highest BCUT2D eigenvalue weighted by molar-refractivity contribution is 5.78. The van der Waals surface area contributed by atoms with Crippen LogP contribution in [0.25, 0.3) is 22.5 Å². The number of rotatable bonds is 2. The largest absolute Gasteiger partial charge is 0.324 e. The van der Waals surface area contributed by atoms with Gasteiger partial charge in [0.2, 0.25) is 5.82 Å². The smallest absolute Gasteiger partial charge is 0.204 e. The average molecular weight is 323 g/mol. The van der Waals surface area contributed by atoms with Gasteiger partial charge in [-0.3, -0.25) is 0 Å². The lowest BCUT2D eigenvalue weighted by Gasteiger charge is -2.16. The summed E-state index contributed by atoms with van der Waals surface area (Å²) in [6, 6.07) is 7.27. The van der Waals surface area contributed by atoms with Gasteiger partial charge in [-0.25, -0.2) is 4.39 Å². The monoisotopic (exact) mass is 323 g/mol. The number of halogens is 1. The molecule has 0 bridgehead atoms. The van der Waals surface area contributed by atoms with E-state index in [1.165, 1.54) is 6.07 Å². The number of H-pyrrole nitrogens is 1. The van der Waals surface area contributed by atoms with Crippen LogP contribution in [-0.2, 0) is 6.42 Å². The molecule has 0 fully saturated rings. The molecular weight excluding hydrogens is 305 g/mol. The molecule has 4 rings (SSSR count). The predicted octanol–water partition coefficient (Wildman–Crippen LogP) is 3.24. The first-order valence-electron chi connectivity index (χ1n) is 7.98. The molecule has 0 unspecified atom stereocenters. The van der Waals surface area contributed by atoms with E-state index in [0.717, 1.165) is 46.2 Å². The second kappa shape index (κ2) is 5.49. The molecule has 1 atom stereocenters. The van der Waals surface area contributed by atoms with Crippen molar-refractivity contribution in [2.75, 3.05) is 0 Å². The van der Waals surface area contributed by atoms with Crippen LogP contribution in [0.1, 0.15) is 34.7 Å². The lowest BCUT2D eigenvalue weighted by molar-refractivity contribution is 0.589. The molecule has 24 heavy (non-hydrogen) atoms. The van der Waals surface area contributed by atoms with Gasteiger partial charge in [-0.05, 0) is 77.9 Å². The van der Waals surface area contributed by atoms with Crippen LogP contribution in [0.5, 0.6) is 0 Å². The molecule has 0 saturated carbocycles. The lowest BCUT2D eigenvalue weighted by atomic mass is 9.89. The molecule has 2 aromatic carbocycles. The molecular formula is C18H18FN5. The number of aryl methyl sites for hydroxylation is 2. The van der Waals surface area contributed by atoms with Crippen LogP contribution in [0.2, 0.25) is 0 Å². The van der Waals surface area contributed by atoms with E-state index in [1.807, 2.05) is 18.2 Å². The third-order valence-corrected chi connectivity index (χ3v) is 4.79. The molecule has 3 N–H and O–H groups in total. The van der Waals surface area contributed by atoms with E-state index >= 15 is 0 Å². The van der Waals surface area contributed by atoms with Crippen molar-refractivity contribution >= 4 is 0 Å². The van der Waals surface area contributed by atoms with Gasteiger partial charge >= 0.3 is 0 Å². The van der Waals surface area contributed by atoms with Gasteiger partial charge < -0.3 is 5.73 Å². The second-order valence-electron chi connectivity index (χ2n) is 6.35. The molecule has 122 valence electrons. The van der Waals surface area contributed by atoms with E-state index in [-0.39, 0.29) is 11.9 Å². The minimum atomic E-state index is -0.209. The Hall–Kier alpha value is -2.60. The minimum Gasteiger partial charge on any atom is -0.324 e. The topological polar surface area (TPSA) is 80.5 Å². The van der Waals surface area contributed by atoms with Crippen molar-refractivity contribution in [3.8, 4) is 22.5 Å². The molecule has 1 aliphatic carbocycles. The number of nitrogens with one attached hydrogen (secondary N) is 1. The van der Waals surface area contributed by atoms with Gasteiger partial charge in [-0.2, -0.15) is 5.21 Å². The first kappa shape index (κ1) is 15.0. The van der Waals surface area contributed by atoms with E-state index in [1.54, 1.807) is 0 Å². The van der Waals surface area contributed by atoms with E-state index in [9.17, 15) is 4.39 Å². The quantitative estimate of drug-likeness (QED) is 0.758. The first-order chi connectivity index (χ1) is 11.6. The van der Waals surface area contributed by atoms with Crippen LogP contribution >= 0.6 is 0 Å². The Kier molecular flexibility index (Phi) is 3.42. The molecule has 1 heterocycles. The number of aromatic amines is 1. The lowest BCUT2D eigenvalue weighted by Crippen LogP contribution is -2.07. The van der Waals surface area contributed by atoms with Crippen molar-refractivity contribution in [1.82, 2.24) is 20.6 Å². The van der Waals surface area contributed by atoms with Crippen molar-refractivity contribution < 1.29 is 4.39 Å². The third kappa shape index (κ3) is 2.22. The zero-order valence-corrected chi connectivity index (χ0v) is 13.6. The summed E-state index contributed by atoms with van der Waals surface area (Å²) in [5, 5.41) is 14.2. The molecule has 0 aliphatic heterocycles. The average Bonchev–Trinajstić information content (AvgIpc) is 3.19. The molecule has 0 radical (unpaired) electrons. The van der Waals surface area contributed by atoms with Gasteiger partial charge in [0.05, 0.1) is 0 Å². The number of aromatic nitrogens is 4. The molecule has 1 aromatic heterocycles. The summed E-state index contributed by atoms with van der Waals surface area (Å²) >= 11 is 0. The zero-order chi connectivity index (χ0) is 16.8. The molecule has 1 aliphatic rings. The third-order valence-electron chi connectivity index (χ3n) is 4.79. The van der Waals surface area contributed by atoms with E-state index < -0.39 is 0 Å². The Morgan fingerprint density at radius 1 is 1.21 bits per heavy atom. The van der Waals surface area contributed by atoms with Crippen LogP contribution in [0.4, 0.5) is 4.39 Å². The predicted molar refractivity (Wildman–Crippen MR) is 89.7 cm³/mol. The van der Waals surface area contributed by atoms with Gasteiger partial charge in [-0.15, -0.1) is 10.2 Å². The van der Waals surface area contributed by atoms with E-state index in [4.69, 9.17) is 5.73 Å². The Bertz CT molecular complexity index is 894. The maximum Gasteiger partial charge on any atom is 0.204 e. The van der Waals surface area contributed by atoms with Crippen LogP contribution in [-0.4, -0.2) is 20.6 Å². The summed E-state index contributed by atoms with van der Waals surface area (Å²) in [6.07, 6.45) is 1.61. The number of fused-ring (bicyclic) bond motifs is 1. The van der Waals surface area contributed by atoms with E-state index in [2.05, 4.69) is 34.5 Å². The molecule has 5 nitrogen and oxygen atoms in total. The zero-order valence-electron chi connectivity index (χ0n) is 13.6.